The van der Waals surface area contributed by atoms with Crippen molar-refractivity contribution in [3.63, 3.8) is 0 Å². The van der Waals surface area contributed by atoms with Crippen molar-refractivity contribution in [1.82, 2.24) is 29.0 Å². The lowest BCUT2D eigenvalue weighted by Crippen LogP contribution is -2.52. The third kappa shape index (κ3) is 5.46. The fourth-order valence-corrected chi connectivity index (χ4v) is 6.20. The van der Waals surface area contributed by atoms with Crippen molar-refractivity contribution in [2.75, 3.05) is 46.9 Å². The SMILES string of the molecule is CN(C)C(=O)N1CCN(S(=O)(=O)c2cc(F)ccc2CNC(=O)c2nc3n(c(=O)c2O)CCOC3(C)C)CC1. The standard InChI is InChI=1S/C24H31FN6O7S/c1-24(2)22-27-18(19(32)21(34)31(22)11-12-38-24)20(33)26-14-15-5-6-16(25)13-17(15)39(36,37)30-9-7-29(8-10-30)23(35)28(3)4/h5-6,13,32H,7-12,14H2,1-4H3,(H,26,33). The second-order valence-electron chi connectivity index (χ2n) is 9.95. The molecule has 2 aliphatic rings. The van der Waals surface area contributed by atoms with Gasteiger partial charge in [-0.15, -0.1) is 0 Å². The van der Waals surface area contributed by atoms with E-state index in [0.29, 0.717) is 0 Å². The summed E-state index contributed by atoms with van der Waals surface area (Å²) in [7, 11) is -0.982. The number of urea groups is 1. The molecule has 13 nitrogen and oxygen atoms in total. The van der Waals surface area contributed by atoms with E-state index in [4.69, 9.17) is 4.74 Å². The van der Waals surface area contributed by atoms with Crippen molar-refractivity contribution in [3.8, 4) is 5.75 Å². The molecule has 0 aliphatic carbocycles. The molecule has 39 heavy (non-hydrogen) atoms. The number of nitrogens with zero attached hydrogens (tertiary/aromatic N) is 5. The van der Waals surface area contributed by atoms with Crippen molar-refractivity contribution < 1.29 is 32.2 Å². The Morgan fingerprint density at radius 1 is 1.18 bits per heavy atom. The quantitative estimate of drug-likeness (QED) is 0.523. The molecule has 0 radical (unpaired) electrons. The number of halogens is 1. The van der Waals surface area contributed by atoms with Gasteiger partial charge in [-0.2, -0.15) is 4.31 Å². The number of benzene rings is 1. The summed E-state index contributed by atoms with van der Waals surface area (Å²) < 4.78 is 49.1. The minimum atomic E-state index is -4.18. The molecule has 2 aliphatic heterocycles. The van der Waals surface area contributed by atoms with Crippen molar-refractivity contribution in [2.45, 2.75) is 37.4 Å². The summed E-state index contributed by atoms with van der Waals surface area (Å²) in [5, 5.41) is 12.9. The Hall–Kier alpha value is -3.56. The fraction of sp³-hybridized carbons (Fsp3) is 0.500. The van der Waals surface area contributed by atoms with Gasteiger partial charge < -0.3 is 25.0 Å². The minimum Gasteiger partial charge on any atom is -0.501 e. The molecule has 0 bridgehead atoms. The largest absolute Gasteiger partial charge is 0.501 e. The molecule has 2 N–H and O–H groups in total. The molecular weight excluding hydrogens is 535 g/mol. The summed E-state index contributed by atoms with van der Waals surface area (Å²) in [6, 6.07) is 2.93. The molecule has 4 rings (SSSR count). The molecule has 212 valence electrons. The van der Waals surface area contributed by atoms with Gasteiger partial charge in [0.15, 0.2) is 5.69 Å². The van der Waals surface area contributed by atoms with Gasteiger partial charge in [-0.3, -0.25) is 14.2 Å². The van der Waals surface area contributed by atoms with Crippen LogP contribution in [0, 0.1) is 5.82 Å². The molecule has 1 saturated heterocycles. The Bertz CT molecular complexity index is 1470. The van der Waals surface area contributed by atoms with Crippen LogP contribution in [0.1, 0.15) is 35.7 Å². The Morgan fingerprint density at radius 3 is 2.49 bits per heavy atom. The van der Waals surface area contributed by atoms with Gasteiger partial charge in [-0.05, 0) is 31.5 Å². The maximum absolute atomic E-state index is 14.2. The van der Waals surface area contributed by atoms with Crippen LogP contribution in [0.3, 0.4) is 0 Å². The number of carbonyl (C=O) groups excluding carboxylic acids is 2. The number of amides is 3. The van der Waals surface area contributed by atoms with Gasteiger partial charge in [-0.1, -0.05) is 6.07 Å². The predicted octanol–water partition coefficient (Wildman–Crippen LogP) is 0.271. The summed E-state index contributed by atoms with van der Waals surface area (Å²) in [5.41, 5.74) is -2.22. The van der Waals surface area contributed by atoms with Crippen LogP contribution in [0.2, 0.25) is 0 Å². The summed E-state index contributed by atoms with van der Waals surface area (Å²) in [6.45, 7) is 3.74. The number of hydrogen-bond acceptors (Lipinski definition) is 8. The third-order valence-electron chi connectivity index (χ3n) is 6.65. The first-order valence-electron chi connectivity index (χ1n) is 12.3. The molecule has 1 aromatic carbocycles. The first kappa shape index (κ1) is 28.4. The van der Waals surface area contributed by atoms with Crippen molar-refractivity contribution in [1.29, 1.82) is 0 Å². The lowest BCUT2D eigenvalue weighted by molar-refractivity contribution is -0.0566. The maximum Gasteiger partial charge on any atom is 0.319 e. The molecule has 1 aromatic heterocycles. The average molecular weight is 567 g/mol. The van der Waals surface area contributed by atoms with Crippen LogP contribution in [0.4, 0.5) is 9.18 Å². The van der Waals surface area contributed by atoms with Crippen molar-refractivity contribution in [3.05, 3.63) is 51.5 Å². The van der Waals surface area contributed by atoms with E-state index < -0.39 is 44.4 Å². The number of nitrogens with one attached hydrogen (secondary N) is 1. The number of piperazine rings is 1. The minimum absolute atomic E-state index is 0.0128. The molecule has 3 amide bonds. The summed E-state index contributed by atoms with van der Waals surface area (Å²) in [5.74, 6) is -2.38. The molecular formula is C24H31FN6O7S. The predicted molar refractivity (Wildman–Crippen MR) is 136 cm³/mol. The Kier molecular flexibility index (Phi) is 7.69. The van der Waals surface area contributed by atoms with Crippen LogP contribution in [-0.2, 0) is 33.5 Å². The first-order valence-corrected chi connectivity index (χ1v) is 13.7. The van der Waals surface area contributed by atoms with Gasteiger partial charge in [-0.25, -0.2) is 22.6 Å². The molecule has 0 unspecified atom stereocenters. The number of carbonyl (C=O) groups is 2. The molecule has 0 atom stereocenters. The van der Waals surface area contributed by atoms with Crippen LogP contribution < -0.4 is 10.9 Å². The van der Waals surface area contributed by atoms with Crippen molar-refractivity contribution in [2.24, 2.45) is 0 Å². The number of aromatic hydroxyl groups is 1. The highest BCUT2D eigenvalue weighted by molar-refractivity contribution is 7.89. The Morgan fingerprint density at radius 2 is 1.85 bits per heavy atom. The highest BCUT2D eigenvalue weighted by atomic mass is 32.2. The number of rotatable bonds is 5. The van der Waals surface area contributed by atoms with E-state index in [0.717, 1.165) is 16.4 Å². The molecule has 0 saturated carbocycles. The number of sulfonamides is 1. The zero-order valence-corrected chi connectivity index (χ0v) is 22.9. The van der Waals surface area contributed by atoms with E-state index in [1.807, 2.05) is 0 Å². The van der Waals surface area contributed by atoms with Crippen LogP contribution in [0.5, 0.6) is 5.75 Å². The average Bonchev–Trinajstić information content (AvgIpc) is 2.89. The van der Waals surface area contributed by atoms with E-state index in [-0.39, 0.29) is 68.2 Å². The van der Waals surface area contributed by atoms with Crippen molar-refractivity contribution >= 4 is 22.0 Å². The molecule has 2 aromatic rings. The highest BCUT2D eigenvalue weighted by Gasteiger charge is 2.35. The van der Waals surface area contributed by atoms with Gasteiger partial charge in [0.25, 0.3) is 11.5 Å². The summed E-state index contributed by atoms with van der Waals surface area (Å²) >= 11 is 0. The number of hydrogen-bond donors (Lipinski definition) is 2. The summed E-state index contributed by atoms with van der Waals surface area (Å²) in [6.07, 6.45) is 0. The number of aromatic nitrogens is 2. The molecule has 15 heteroatoms. The summed E-state index contributed by atoms with van der Waals surface area (Å²) in [4.78, 5) is 44.6. The third-order valence-corrected chi connectivity index (χ3v) is 8.64. The van der Waals surface area contributed by atoms with Gasteiger partial charge in [0, 0.05) is 46.8 Å². The van der Waals surface area contributed by atoms with Gasteiger partial charge in [0.05, 0.1) is 18.0 Å². The maximum atomic E-state index is 14.2. The molecule has 1 fully saturated rings. The van der Waals surface area contributed by atoms with Gasteiger partial charge in [0.1, 0.15) is 17.2 Å². The zero-order valence-electron chi connectivity index (χ0n) is 22.1. The Labute approximate surface area is 224 Å². The normalized spacial score (nSPS) is 17.4. The number of fused-ring (bicyclic) bond motifs is 1. The van der Waals surface area contributed by atoms with Crippen LogP contribution >= 0.6 is 0 Å². The van der Waals surface area contributed by atoms with Gasteiger partial charge in [0.2, 0.25) is 15.8 Å². The lowest BCUT2D eigenvalue weighted by atomic mass is 10.1. The van der Waals surface area contributed by atoms with Crippen LogP contribution in [-0.4, -0.2) is 96.0 Å². The monoisotopic (exact) mass is 566 g/mol. The lowest BCUT2D eigenvalue weighted by Gasteiger charge is -2.35. The highest BCUT2D eigenvalue weighted by Crippen LogP contribution is 2.28. The van der Waals surface area contributed by atoms with E-state index in [1.165, 1.54) is 20.4 Å². The number of ether oxygens (including phenoxy) is 1. The van der Waals surface area contributed by atoms with E-state index in [1.54, 1.807) is 27.9 Å². The van der Waals surface area contributed by atoms with E-state index in [9.17, 15) is 32.3 Å². The molecule has 0 spiro atoms. The van der Waals surface area contributed by atoms with Crippen LogP contribution in [0.25, 0.3) is 0 Å². The topological polar surface area (TPSA) is 154 Å². The van der Waals surface area contributed by atoms with Gasteiger partial charge >= 0.3 is 6.03 Å². The Balaban J connectivity index is 1.56. The second-order valence-corrected chi connectivity index (χ2v) is 11.9. The fourth-order valence-electron chi connectivity index (χ4n) is 4.54. The first-order chi connectivity index (χ1) is 18.2. The second kappa shape index (κ2) is 10.5. The van der Waals surface area contributed by atoms with Crippen LogP contribution in [0.15, 0.2) is 27.9 Å². The smallest absolute Gasteiger partial charge is 0.319 e. The zero-order chi connectivity index (χ0) is 28.7. The van der Waals surface area contributed by atoms with E-state index in [2.05, 4.69) is 10.3 Å². The molecule has 3 heterocycles. The van der Waals surface area contributed by atoms with E-state index >= 15 is 0 Å².